The van der Waals surface area contributed by atoms with Gasteiger partial charge in [0.25, 0.3) is 5.91 Å². The predicted octanol–water partition coefficient (Wildman–Crippen LogP) is 3.04. The van der Waals surface area contributed by atoms with Crippen molar-refractivity contribution in [2.75, 3.05) is 0 Å². The zero-order valence-corrected chi connectivity index (χ0v) is 14.7. The van der Waals surface area contributed by atoms with Gasteiger partial charge in [-0.15, -0.1) is 0 Å². The number of rotatable bonds is 5. The highest BCUT2D eigenvalue weighted by molar-refractivity contribution is 5.94. The van der Waals surface area contributed by atoms with Crippen molar-refractivity contribution in [2.24, 2.45) is 0 Å². The molecule has 1 heterocycles. The molecule has 1 aromatic carbocycles. The van der Waals surface area contributed by atoms with Crippen LogP contribution in [-0.4, -0.2) is 22.6 Å². The fraction of sp³-hybridized carbons (Fsp3) is 0.316. The lowest BCUT2D eigenvalue weighted by atomic mass is 10.1. The quantitative estimate of drug-likeness (QED) is 0.876. The average Bonchev–Trinajstić information content (AvgIpc) is 2.58. The molecule has 0 bridgehead atoms. The molecule has 132 valence electrons. The molecule has 0 atom stereocenters. The fourth-order valence-corrected chi connectivity index (χ4v) is 2.04. The maximum absolute atomic E-state index is 12.1. The molecule has 0 aliphatic heterocycles. The first-order valence-electron chi connectivity index (χ1n) is 8.07. The van der Waals surface area contributed by atoms with Crippen LogP contribution >= 0.6 is 0 Å². The minimum Gasteiger partial charge on any atom is -0.444 e. The summed E-state index contributed by atoms with van der Waals surface area (Å²) in [5.74, 6) is -0.169. The van der Waals surface area contributed by atoms with Crippen LogP contribution in [0.3, 0.4) is 0 Å². The van der Waals surface area contributed by atoms with Crippen LogP contribution in [0.1, 0.15) is 42.4 Å². The second-order valence-electron chi connectivity index (χ2n) is 6.56. The second-order valence-corrected chi connectivity index (χ2v) is 6.56. The third-order valence-electron chi connectivity index (χ3n) is 3.21. The van der Waals surface area contributed by atoms with Crippen molar-refractivity contribution in [3.63, 3.8) is 0 Å². The van der Waals surface area contributed by atoms with E-state index < -0.39 is 11.7 Å². The summed E-state index contributed by atoms with van der Waals surface area (Å²) >= 11 is 0. The van der Waals surface area contributed by atoms with Crippen LogP contribution in [0.15, 0.2) is 48.7 Å². The smallest absolute Gasteiger partial charge is 0.407 e. The van der Waals surface area contributed by atoms with Gasteiger partial charge >= 0.3 is 6.09 Å². The number of benzene rings is 1. The Bertz CT molecular complexity index is 707. The average molecular weight is 341 g/mol. The van der Waals surface area contributed by atoms with E-state index in [0.717, 1.165) is 11.3 Å². The molecule has 6 heteroatoms. The molecule has 0 saturated heterocycles. The van der Waals surface area contributed by atoms with Gasteiger partial charge in [-0.3, -0.25) is 9.78 Å². The van der Waals surface area contributed by atoms with E-state index in [0.29, 0.717) is 18.7 Å². The highest BCUT2D eigenvalue weighted by Gasteiger charge is 2.15. The lowest BCUT2D eigenvalue weighted by Gasteiger charge is -2.19. The maximum atomic E-state index is 12.1. The Labute approximate surface area is 147 Å². The summed E-state index contributed by atoms with van der Waals surface area (Å²) in [6, 6.07) is 12.6. The van der Waals surface area contributed by atoms with Crippen molar-refractivity contribution >= 4 is 12.0 Å². The van der Waals surface area contributed by atoms with Gasteiger partial charge in [-0.1, -0.05) is 18.2 Å². The van der Waals surface area contributed by atoms with Crippen molar-refractivity contribution < 1.29 is 14.3 Å². The highest BCUT2D eigenvalue weighted by Crippen LogP contribution is 2.08. The number of alkyl carbamates (subject to hydrolysis) is 1. The van der Waals surface area contributed by atoms with E-state index in [1.165, 1.54) is 0 Å². The fourth-order valence-electron chi connectivity index (χ4n) is 2.04. The molecular weight excluding hydrogens is 318 g/mol. The Morgan fingerprint density at radius 2 is 1.72 bits per heavy atom. The van der Waals surface area contributed by atoms with Gasteiger partial charge in [-0.05, 0) is 50.6 Å². The summed E-state index contributed by atoms with van der Waals surface area (Å²) < 4.78 is 5.18. The van der Waals surface area contributed by atoms with Crippen LogP contribution in [0.2, 0.25) is 0 Å². The lowest BCUT2D eigenvalue weighted by molar-refractivity contribution is 0.0523. The Morgan fingerprint density at radius 3 is 2.32 bits per heavy atom. The van der Waals surface area contributed by atoms with Gasteiger partial charge in [0.2, 0.25) is 0 Å². The number of hydrogen-bond donors (Lipinski definition) is 2. The third kappa shape index (κ3) is 6.63. The molecule has 0 unspecified atom stereocenters. The largest absolute Gasteiger partial charge is 0.444 e. The number of ether oxygens (including phenoxy) is 1. The molecule has 6 nitrogen and oxygen atoms in total. The molecule has 25 heavy (non-hydrogen) atoms. The molecule has 1 aromatic heterocycles. The van der Waals surface area contributed by atoms with Crippen LogP contribution in [0.25, 0.3) is 0 Å². The Hall–Kier alpha value is -2.89. The summed E-state index contributed by atoms with van der Waals surface area (Å²) in [6.45, 7) is 6.15. The maximum Gasteiger partial charge on any atom is 0.407 e. The van der Waals surface area contributed by atoms with Crippen LogP contribution in [0, 0.1) is 0 Å². The molecule has 0 spiro atoms. The topological polar surface area (TPSA) is 80.3 Å². The summed E-state index contributed by atoms with van der Waals surface area (Å²) in [5.41, 5.74) is 1.71. The van der Waals surface area contributed by atoms with Gasteiger partial charge in [0.1, 0.15) is 5.60 Å². The van der Waals surface area contributed by atoms with Gasteiger partial charge in [0.15, 0.2) is 0 Å². The molecule has 0 aliphatic carbocycles. The molecule has 2 aromatic rings. The van der Waals surface area contributed by atoms with Crippen molar-refractivity contribution in [1.29, 1.82) is 0 Å². The van der Waals surface area contributed by atoms with Crippen LogP contribution in [-0.2, 0) is 17.8 Å². The Morgan fingerprint density at radius 1 is 1.00 bits per heavy atom. The number of pyridine rings is 1. The molecule has 0 radical (unpaired) electrons. The first-order valence-corrected chi connectivity index (χ1v) is 8.07. The van der Waals surface area contributed by atoms with E-state index in [2.05, 4.69) is 15.6 Å². The lowest BCUT2D eigenvalue weighted by Crippen LogP contribution is -2.32. The second kappa shape index (κ2) is 8.28. The number of nitrogens with zero attached hydrogens (tertiary/aromatic N) is 1. The van der Waals surface area contributed by atoms with Crippen molar-refractivity contribution in [1.82, 2.24) is 15.6 Å². The van der Waals surface area contributed by atoms with Crippen LogP contribution in [0.4, 0.5) is 4.79 Å². The molecular formula is C19H23N3O3. The molecule has 0 fully saturated rings. The number of amides is 2. The monoisotopic (exact) mass is 341 g/mol. The number of carbonyl (C=O) groups is 2. The molecule has 0 aliphatic rings. The highest BCUT2D eigenvalue weighted by atomic mass is 16.6. The van der Waals surface area contributed by atoms with Gasteiger partial charge < -0.3 is 15.4 Å². The van der Waals surface area contributed by atoms with E-state index >= 15 is 0 Å². The summed E-state index contributed by atoms with van der Waals surface area (Å²) in [4.78, 5) is 27.9. The third-order valence-corrected chi connectivity index (χ3v) is 3.21. The number of nitrogens with one attached hydrogen (secondary N) is 2. The molecule has 0 saturated carbocycles. The van der Waals surface area contributed by atoms with E-state index in [1.807, 2.05) is 39.0 Å². The van der Waals surface area contributed by atoms with Gasteiger partial charge in [-0.25, -0.2) is 4.79 Å². The van der Waals surface area contributed by atoms with E-state index in [9.17, 15) is 9.59 Å². The standard InChI is InChI=1S/C19H23N3O3/c1-19(2,3)25-18(24)22-12-14-7-9-15(10-8-14)17(23)21-13-16-6-4-5-11-20-16/h4-11H,12-13H2,1-3H3,(H,21,23)(H,22,24). The number of aromatic nitrogens is 1. The van der Waals surface area contributed by atoms with Crippen molar-refractivity contribution in [2.45, 2.75) is 39.5 Å². The zero-order chi connectivity index (χ0) is 18.3. The SMILES string of the molecule is CC(C)(C)OC(=O)NCc1ccc(C(=O)NCc2ccccn2)cc1. The van der Waals surface area contributed by atoms with Gasteiger partial charge in [-0.2, -0.15) is 0 Å². The number of carbonyl (C=O) groups excluding carboxylic acids is 2. The van der Waals surface area contributed by atoms with E-state index in [4.69, 9.17) is 4.74 Å². The Balaban J connectivity index is 1.82. The van der Waals surface area contributed by atoms with Gasteiger partial charge in [0, 0.05) is 18.3 Å². The summed E-state index contributed by atoms with van der Waals surface area (Å²) in [5, 5.41) is 5.50. The van der Waals surface area contributed by atoms with Crippen LogP contribution < -0.4 is 10.6 Å². The minimum atomic E-state index is -0.528. The molecule has 2 rings (SSSR count). The summed E-state index contributed by atoms with van der Waals surface area (Å²) in [6.07, 6.45) is 1.22. The van der Waals surface area contributed by atoms with E-state index in [-0.39, 0.29) is 5.91 Å². The predicted molar refractivity (Wildman–Crippen MR) is 94.9 cm³/mol. The molecule has 2 amide bonds. The normalized spacial score (nSPS) is 10.8. The molecule has 2 N–H and O–H groups in total. The number of hydrogen-bond acceptors (Lipinski definition) is 4. The zero-order valence-electron chi connectivity index (χ0n) is 14.7. The van der Waals surface area contributed by atoms with Crippen LogP contribution in [0.5, 0.6) is 0 Å². The minimum absolute atomic E-state index is 0.169. The first kappa shape index (κ1) is 18.4. The van der Waals surface area contributed by atoms with Crippen molar-refractivity contribution in [3.05, 3.63) is 65.5 Å². The van der Waals surface area contributed by atoms with Crippen molar-refractivity contribution in [3.8, 4) is 0 Å². The van der Waals surface area contributed by atoms with Gasteiger partial charge in [0.05, 0.1) is 12.2 Å². The van der Waals surface area contributed by atoms with E-state index in [1.54, 1.807) is 30.5 Å². The summed E-state index contributed by atoms with van der Waals surface area (Å²) in [7, 11) is 0. The first-order chi connectivity index (χ1) is 11.8. The Kier molecular flexibility index (Phi) is 6.11.